The standard InChI is InChI=1S/C9H16N2O/c1-10-5-3-4-9(6-10)7-11(2)8(9)12/h3-7H2,1-2H3. The number of rotatable bonds is 0. The van der Waals surface area contributed by atoms with Crippen LogP contribution in [0, 0.1) is 5.41 Å². The zero-order valence-electron chi connectivity index (χ0n) is 7.84. The van der Waals surface area contributed by atoms with Crippen molar-refractivity contribution < 1.29 is 4.79 Å². The summed E-state index contributed by atoms with van der Waals surface area (Å²) in [6.45, 7) is 3.09. The molecule has 12 heavy (non-hydrogen) atoms. The highest BCUT2D eigenvalue weighted by Crippen LogP contribution is 2.38. The van der Waals surface area contributed by atoms with Crippen molar-refractivity contribution in [2.45, 2.75) is 12.8 Å². The molecule has 0 aromatic rings. The topological polar surface area (TPSA) is 23.6 Å². The van der Waals surface area contributed by atoms with Crippen LogP contribution in [-0.2, 0) is 4.79 Å². The molecule has 1 amide bonds. The van der Waals surface area contributed by atoms with Crippen molar-refractivity contribution >= 4 is 5.91 Å². The molecule has 1 unspecified atom stereocenters. The average molecular weight is 168 g/mol. The third kappa shape index (κ3) is 0.959. The molecular formula is C9H16N2O. The quantitative estimate of drug-likeness (QED) is 0.481. The maximum atomic E-state index is 11.6. The van der Waals surface area contributed by atoms with Crippen molar-refractivity contribution in [1.82, 2.24) is 9.80 Å². The number of carbonyl (C=O) groups excluding carboxylic acids is 1. The summed E-state index contributed by atoms with van der Waals surface area (Å²) in [6.07, 6.45) is 2.27. The van der Waals surface area contributed by atoms with E-state index in [9.17, 15) is 4.79 Å². The van der Waals surface area contributed by atoms with Crippen molar-refractivity contribution in [3.05, 3.63) is 0 Å². The summed E-state index contributed by atoms with van der Waals surface area (Å²) < 4.78 is 0. The van der Waals surface area contributed by atoms with Gasteiger partial charge in [-0.25, -0.2) is 0 Å². The van der Waals surface area contributed by atoms with E-state index in [-0.39, 0.29) is 5.41 Å². The monoisotopic (exact) mass is 168 g/mol. The van der Waals surface area contributed by atoms with Gasteiger partial charge in [-0.2, -0.15) is 0 Å². The lowest BCUT2D eigenvalue weighted by Crippen LogP contribution is -2.65. The van der Waals surface area contributed by atoms with E-state index in [2.05, 4.69) is 11.9 Å². The smallest absolute Gasteiger partial charge is 0.231 e. The highest BCUT2D eigenvalue weighted by atomic mass is 16.2. The lowest BCUT2D eigenvalue weighted by Gasteiger charge is -2.51. The molecule has 2 rings (SSSR count). The number of hydrogen-bond acceptors (Lipinski definition) is 2. The van der Waals surface area contributed by atoms with Gasteiger partial charge in [0, 0.05) is 20.1 Å². The third-order valence-electron chi connectivity index (χ3n) is 3.11. The van der Waals surface area contributed by atoms with Crippen LogP contribution in [0.2, 0.25) is 0 Å². The van der Waals surface area contributed by atoms with E-state index in [4.69, 9.17) is 0 Å². The Kier molecular flexibility index (Phi) is 1.65. The molecule has 0 bridgehead atoms. The van der Waals surface area contributed by atoms with Crippen molar-refractivity contribution in [2.75, 3.05) is 33.7 Å². The first-order valence-electron chi connectivity index (χ1n) is 4.58. The van der Waals surface area contributed by atoms with Gasteiger partial charge in [0.05, 0.1) is 5.41 Å². The molecule has 2 aliphatic rings. The molecule has 3 nitrogen and oxygen atoms in total. The normalized spacial score (nSPS) is 37.2. The lowest BCUT2D eigenvalue weighted by atomic mass is 9.73. The predicted molar refractivity (Wildman–Crippen MR) is 46.8 cm³/mol. The molecule has 2 fully saturated rings. The summed E-state index contributed by atoms with van der Waals surface area (Å²) in [7, 11) is 3.99. The fraction of sp³-hybridized carbons (Fsp3) is 0.889. The van der Waals surface area contributed by atoms with Crippen LogP contribution in [0.4, 0.5) is 0 Å². The van der Waals surface area contributed by atoms with Crippen LogP contribution in [0.15, 0.2) is 0 Å². The van der Waals surface area contributed by atoms with Gasteiger partial charge in [-0.15, -0.1) is 0 Å². The molecule has 0 aromatic carbocycles. The minimum absolute atomic E-state index is 0.0156. The van der Waals surface area contributed by atoms with Crippen LogP contribution in [0.1, 0.15) is 12.8 Å². The minimum atomic E-state index is 0.0156. The highest BCUT2D eigenvalue weighted by Gasteiger charge is 2.51. The third-order valence-corrected chi connectivity index (χ3v) is 3.11. The molecule has 0 aliphatic carbocycles. The molecule has 1 spiro atoms. The maximum absolute atomic E-state index is 11.6. The second-order valence-electron chi connectivity index (χ2n) is 4.28. The molecule has 68 valence electrons. The molecular weight excluding hydrogens is 152 g/mol. The van der Waals surface area contributed by atoms with Crippen LogP contribution in [0.3, 0.4) is 0 Å². The Hall–Kier alpha value is -0.570. The number of amides is 1. The van der Waals surface area contributed by atoms with E-state index in [1.165, 1.54) is 6.42 Å². The van der Waals surface area contributed by atoms with Crippen molar-refractivity contribution in [1.29, 1.82) is 0 Å². The molecule has 0 saturated carbocycles. The van der Waals surface area contributed by atoms with E-state index >= 15 is 0 Å². The zero-order valence-corrected chi connectivity index (χ0v) is 7.84. The zero-order chi connectivity index (χ0) is 8.77. The molecule has 3 heteroatoms. The van der Waals surface area contributed by atoms with Gasteiger partial charge < -0.3 is 9.80 Å². The van der Waals surface area contributed by atoms with Crippen LogP contribution < -0.4 is 0 Å². The van der Waals surface area contributed by atoms with Crippen LogP contribution in [0.5, 0.6) is 0 Å². The number of hydrogen-bond donors (Lipinski definition) is 0. The van der Waals surface area contributed by atoms with Crippen LogP contribution in [0.25, 0.3) is 0 Å². The van der Waals surface area contributed by atoms with Crippen molar-refractivity contribution in [2.24, 2.45) is 5.41 Å². The Bertz CT molecular complexity index is 213. The molecule has 0 radical (unpaired) electrons. The number of nitrogens with zero attached hydrogens (tertiary/aromatic N) is 2. The van der Waals surface area contributed by atoms with Gasteiger partial charge in [0.15, 0.2) is 0 Å². The predicted octanol–water partition coefficient (Wildman–Crippen LogP) is 0.170. The van der Waals surface area contributed by atoms with Gasteiger partial charge in [-0.05, 0) is 26.4 Å². The van der Waals surface area contributed by atoms with Gasteiger partial charge in [-0.1, -0.05) is 0 Å². The summed E-state index contributed by atoms with van der Waals surface area (Å²) in [4.78, 5) is 15.7. The molecule has 2 aliphatic heterocycles. The van der Waals surface area contributed by atoms with Gasteiger partial charge in [0.25, 0.3) is 0 Å². The van der Waals surface area contributed by atoms with E-state index < -0.39 is 0 Å². The van der Waals surface area contributed by atoms with E-state index in [0.29, 0.717) is 5.91 Å². The summed E-state index contributed by atoms with van der Waals surface area (Å²) in [6, 6.07) is 0. The van der Waals surface area contributed by atoms with Crippen molar-refractivity contribution in [3.63, 3.8) is 0 Å². The minimum Gasteiger partial charge on any atom is -0.344 e. The van der Waals surface area contributed by atoms with Gasteiger partial charge in [-0.3, -0.25) is 4.79 Å². The Morgan fingerprint density at radius 1 is 1.33 bits per heavy atom. The van der Waals surface area contributed by atoms with Crippen molar-refractivity contribution in [3.8, 4) is 0 Å². The Balaban J connectivity index is 2.07. The molecule has 0 N–H and O–H groups in total. The first-order valence-corrected chi connectivity index (χ1v) is 4.58. The van der Waals surface area contributed by atoms with E-state index in [1.54, 1.807) is 0 Å². The average Bonchev–Trinajstić information content (AvgIpc) is 2.04. The summed E-state index contributed by atoms with van der Waals surface area (Å²) >= 11 is 0. The van der Waals surface area contributed by atoms with E-state index in [0.717, 1.165) is 26.1 Å². The summed E-state index contributed by atoms with van der Waals surface area (Å²) in [5.74, 6) is 0.356. The number of likely N-dealkylation sites (tertiary alicyclic amines) is 2. The number of β-lactam (4-membered cyclic amide) rings is 1. The van der Waals surface area contributed by atoms with E-state index in [1.807, 2.05) is 11.9 Å². The largest absolute Gasteiger partial charge is 0.344 e. The summed E-state index contributed by atoms with van der Waals surface area (Å²) in [5, 5.41) is 0. The molecule has 2 saturated heterocycles. The highest BCUT2D eigenvalue weighted by molar-refractivity contribution is 5.88. The Labute approximate surface area is 73.3 Å². The second kappa shape index (κ2) is 2.46. The van der Waals surface area contributed by atoms with Gasteiger partial charge >= 0.3 is 0 Å². The fourth-order valence-corrected chi connectivity index (χ4v) is 2.57. The molecule has 0 aromatic heterocycles. The SMILES string of the molecule is CN1CCCC2(C1)CN(C)C2=O. The first-order chi connectivity index (χ1) is 5.64. The fourth-order valence-electron chi connectivity index (χ4n) is 2.57. The lowest BCUT2D eigenvalue weighted by molar-refractivity contribution is -0.162. The number of piperidine rings is 1. The van der Waals surface area contributed by atoms with Gasteiger partial charge in [0.2, 0.25) is 5.91 Å². The Morgan fingerprint density at radius 2 is 2.08 bits per heavy atom. The van der Waals surface area contributed by atoms with Crippen LogP contribution >= 0.6 is 0 Å². The van der Waals surface area contributed by atoms with Gasteiger partial charge in [0.1, 0.15) is 0 Å². The molecule has 1 atom stereocenters. The van der Waals surface area contributed by atoms with Crippen LogP contribution in [-0.4, -0.2) is 49.4 Å². The Morgan fingerprint density at radius 3 is 2.58 bits per heavy atom. The summed E-state index contributed by atoms with van der Waals surface area (Å²) in [5.41, 5.74) is 0.0156. The molecule has 2 heterocycles. The number of carbonyl (C=O) groups is 1. The first kappa shape index (κ1) is 8.05. The maximum Gasteiger partial charge on any atom is 0.231 e. The second-order valence-corrected chi connectivity index (χ2v) is 4.28.